The van der Waals surface area contributed by atoms with Crippen LogP contribution in [0.25, 0.3) is 0 Å². The van der Waals surface area contributed by atoms with Crippen LogP contribution in [-0.2, 0) is 10.2 Å². The highest BCUT2D eigenvalue weighted by Crippen LogP contribution is 2.29. The highest BCUT2D eigenvalue weighted by atomic mass is 32.2. The Labute approximate surface area is 121 Å². The molecular weight excluding hydrogens is 276 g/mol. The molecule has 0 spiro atoms. The van der Waals surface area contributed by atoms with Crippen molar-refractivity contribution in [1.82, 2.24) is 8.61 Å². The molecule has 0 bridgehead atoms. The molecule has 1 atom stereocenters. The van der Waals surface area contributed by atoms with Crippen molar-refractivity contribution in [3.8, 4) is 0 Å². The summed E-state index contributed by atoms with van der Waals surface area (Å²) in [5.41, 5.74) is 1.20. The molecule has 1 fully saturated rings. The number of rotatable bonds is 6. The molecule has 1 aromatic rings. The second-order valence-electron chi connectivity index (χ2n) is 5.16. The summed E-state index contributed by atoms with van der Waals surface area (Å²) in [6, 6.07) is 10.0. The van der Waals surface area contributed by atoms with Crippen molar-refractivity contribution in [1.29, 1.82) is 0 Å². The Balaban J connectivity index is 2.01. The summed E-state index contributed by atoms with van der Waals surface area (Å²) >= 11 is 0. The van der Waals surface area contributed by atoms with Crippen LogP contribution in [0.5, 0.6) is 0 Å². The molecule has 1 heterocycles. The van der Waals surface area contributed by atoms with Gasteiger partial charge >= 0.3 is 0 Å². The van der Waals surface area contributed by atoms with Crippen molar-refractivity contribution in [3.05, 3.63) is 35.9 Å². The Morgan fingerprint density at radius 1 is 1.35 bits per heavy atom. The average Bonchev–Trinajstić information content (AvgIpc) is 2.96. The fourth-order valence-corrected chi connectivity index (χ4v) is 4.00. The third-order valence-corrected chi connectivity index (χ3v) is 5.73. The highest BCUT2D eigenvalue weighted by molar-refractivity contribution is 7.86. The van der Waals surface area contributed by atoms with E-state index in [1.807, 2.05) is 18.2 Å². The zero-order chi connectivity index (χ0) is 14.6. The average molecular weight is 298 g/mol. The first kappa shape index (κ1) is 15.4. The summed E-state index contributed by atoms with van der Waals surface area (Å²) in [4.78, 5) is 0. The lowest BCUT2D eigenvalue weighted by Gasteiger charge is -2.24. The molecule has 0 radical (unpaired) electrons. The Bertz CT molecular complexity index is 518. The summed E-state index contributed by atoms with van der Waals surface area (Å²) in [6.45, 7) is 1.46. The summed E-state index contributed by atoms with van der Waals surface area (Å²) in [5, 5.41) is 8.80. The number of benzene rings is 1. The van der Waals surface area contributed by atoms with Crippen LogP contribution in [0.15, 0.2) is 30.3 Å². The van der Waals surface area contributed by atoms with Crippen LogP contribution in [0, 0.1) is 0 Å². The minimum Gasteiger partial charge on any atom is -0.396 e. The molecule has 0 saturated carbocycles. The Kier molecular flexibility index (Phi) is 5.15. The maximum Gasteiger partial charge on any atom is 0.281 e. The lowest BCUT2D eigenvalue weighted by atomic mass is 9.99. The van der Waals surface area contributed by atoms with Crippen LogP contribution in [-0.4, -0.2) is 55.4 Å². The molecule has 0 aromatic heterocycles. The SMILES string of the molecule is CN(CCCO)S(=O)(=O)N1CCC(c2ccccc2)C1. The zero-order valence-corrected chi connectivity index (χ0v) is 12.6. The molecule has 20 heavy (non-hydrogen) atoms. The second kappa shape index (κ2) is 6.67. The van der Waals surface area contributed by atoms with Gasteiger partial charge in [0.25, 0.3) is 10.2 Å². The molecule has 0 amide bonds. The van der Waals surface area contributed by atoms with Gasteiger partial charge in [0.1, 0.15) is 0 Å². The van der Waals surface area contributed by atoms with E-state index >= 15 is 0 Å². The molecule has 1 aliphatic heterocycles. The lowest BCUT2D eigenvalue weighted by molar-refractivity contribution is 0.272. The lowest BCUT2D eigenvalue weighted by Crippen LogP contribution is -2.41. The number of aliphatic hydroxyl groups excluding tert-OH is 1. The molecule has 5 nitrogen and oxygen atoms in total. The van der Waals surface area contributed by atoms with Gasteiger partial charge in [-0.15, -0.1) is 0 Å². The summed E-state index contributed by atoms with van der Waals surface area (Å²) < 4.78 is 27.6. The molecular formula is C14H22N2O3S. The maximum absolute atomic E-state index is 12.4. The standard InChI is InChI=1S/C14H22N2O3S/c1-15(9-5-11-17)20(18,19)16-10-8-14(12-16)13-6-3-2-4-7-13/h2-4,6-7,14,17H,5,8-12H2,1H3. The first-order valence-electron chi connectivity index (χ1n) is 6.93. The van der Waals surface area contributed by atoms with Gasteiger partial charge in [0.2, 0.25) is 0 Å². The molecule has 112 valence electrons. The number of nitrogens with zero attached hydrogens (tertiary/aromatic N) is 2. The van der Waals surface area contributed by atoms with Crippen LogP contribution >= 0.6 is 0 Å². The molecule has 1 unspecified atom stereocenters. The monoisotopic (exact) mass is 298 g/mol. The Morgan fingerprint density at radius 2 is 2.05 bits per heavy atom. The minimum absolute atomic E-state index is 0.00645. The van der Waals surface area contributed by atoms with Crippen molar-refractivity contribution < 1.29 is 13.5 Å². The van der Waals surface area contributed by atoms with Crippen molar-refractivity contribution >= 4 is 10.2 Å². The molecule has 2 rings (SSSR count). The third-order valence-electron chi connectivity index (χ3n) is 3.77. The zero-order valence-electron chi connectivity index (χ0n) is 11.8. The smallest absolute Gasteiger partial charge is 0.281 e. The van der Waals surface area contributed by atoms with E-state index in [1.165, 1.54) is 9.87 Å². The number of hydrogen-bond donors (Lipinski definition) is 1. The third kappa shape index (κ3) is 3.38. The van der Waals surface area contributed by atoms with Crippen molar-refractivity contribution in [2.75, 3.05) is 33.3 Å². The molecule has 6 heteroatoms. The Morgan fingerprint density at radius 3 is 2.70 bits per heavy atom. The fraction of sp³-hybridized carbons (Fsp3) is 0.571. The molecule has 1 N–H and O–H groups in total. The normalized spacial score (nSPS) is 20.6. The number of hydrogen-bond acceptors (Lipinski definition) is 3. The van der Waals surface area contributed by atoms with Gasteiger partial charge in [0.15, 0.2) is 0 Å². The van der Waals surface area contributed by atoms with E-state index in [2.05, 4.69) is 12.1 Å². The number of aliphatic hydroxyl groups is 1. The first-order valence-corrected chi connectivity index (χ1v) is 8.32. The van der Waals surface area contributed by atoms with E-state index in [-0.39, 0.29) is 12.5 Å². The largest absolute Gasteiger partial charge is 0.396 e. The molecule has 1 aliphatic rings. The minimum atomic E-state index is -3.40. The van der Waals surface area contributed by atoms with Gasteiger partial charge in [0, 0.05) is 33.3 Å². The van der Waals surface area contributed by atoms with E-state index in [0.29, 0.717) is 26.1 Å². The van der Waals surface area contributed by atoms with Crippen LogP contribution in [0.4, 0.5) is 0 Å². The van der Waals surface area contributed by atoms with Gasteiger partial charge < -0.3 is 5.11 Å². The fourth-order valence-electron chi connectivity index (χ4n) is 2.54. The first-order chi connectivity index (χ1) is 9.55. The maximum atomic E-state index is 12.4. The van der Waals surface area contributed by atoms with Gasteiger partial charge in [-0.3, -0.25) is 0 Å². The van der Waals surface area contributed by atoms with Gasteiger partial charge in [-0.05, 0) is 24.3 Å². The topological polar surface area (TPSA) is 60.9 Å². The van der Waals surface area contributed by atoms with E-state index in [0.717, 1.165) is 6.42 Å². The van der Waals surface area contributed by atoms with E-state index in [1.54, 1.807) is 11.4 Å². The van der Waals surface area contributed by atoms with Gasteiger partial charge in [-0.25, -0.2) is 0 Å². The van der Waals surface area contributed by atoms with Crippen molar-refractivity contribution in [2.45, 2.75) is 18.8 Å². The molecule has 1 saturated heterocycles. The van der Waals surface area contributed by atoms with E-state index in [9.17, 15) is 8.42 Å². The van der Waals surface area contributed by atoms with Crippen LogP contribution in [0.2, 0.25) is 0 Å². The predicted octanol–water partition coefficient (Wildman–Crippen LogP) is 1.03. The van der Waals surface area contributed by atoms with Crippen LogP contribution in [0.1, 0.15) is 24.3 Å². The van der Waals surface area contributed by atoms with Crippen molar-refractivity contribution in [3.63, 3.8) is 0 Å². The highest BCUT2D eigenvalue weighted by Gasteiger charge is 2.34. The molecule has 1 aromatic carbocycles. The second-order valence-corrected chi connectivity index (χ2v) is 7.20. The molecule has 0 aliphatic carbocycles. The van der Waals surface area contributed by atoms with Gasteiger partial charge in [0.05, 0.1) is 0 Å². The van der Waals surface area contributed by atoms with E-state index in [4.69, 9.17) is 5.11 Å². The Hall–Kier alpha value is -0.950. The van der Waals surface area contributed by atoms with Crippen LogP contribution in [0.3, 0.4) is 0 Å². The summed E-state index contributed by atoms with van der Waals surface area (Å²) in [5.74, 6) is 0.275. The quantitative estimate of drug-likeness (QED) is 0.853. The van der Waals surface area contributed by atoms with Gasteiger partial charge in [-0.2, -0.15) is 17.0 Å². The predicted molar refractivity (Wildman–Crippen MR) is 78.6 cm³/mol. The van der Waals surface area contributed by atoms with E-state index < -0.39 is 10.2 Å². The van der Waals surface area contributed by atoms with Crippen molar-refractivity contribution in [2.24, 2.45) is 0 Å². The van der Waals surface area contributed by atoms with Gasteiger partial charge in [-0.1, -0.05) is 30.3 Å². The van der Waals surface area contributed by atoms with Crippen LogP contribution < -0.4 is 0 Å². The summed E-state index contributed by atoms with van der Waals surface area (Å²) in [7, 11) is -1.83. The summed E-state index contributed by atoms with van der Waals surface area (Å²) in [6.07, 6.45) is 1.32.